The van der Waals surface area contributed by atoms with E-state index in [0.29, 0.717) is 5.41 Å². The fourth-order valence-electron chi connectivity index (χ4n) is 4.03. The minimum atomic E-state index is 0.495. The molecule has 1 unspecified atom stereocenters. The number of hydrogen-bond donors (Lipinski definition) is 0. The Bertz CT molecular complexity index is 387. The van der Waals surface area contributed by atoms with Crippen molar-refractivity contribution in [3.05, 3.63) is 35.9 Å². The molecule has 0 amide bonds. The summed E-state index contributed by atoms with van der Waals surface area (Å²) in [6.45, 7) is 5.01. The summed E-state index contributed by atoms with van der Waals surface area (Å²) in [6, 6.07) is 12.1. The molecule has 2 aliphatic rings. The fraction of sp³-hybridized carbons (Fsp3) is 0.667. The standard InChI is InChI=1S/C18H27N/c1-2-9-17(19-14-7-4-8-15-19)18(12-13-18)16-10-5-3-6-11-16/h3,5-6,10-11,17H,2,4,7-9,12-15H2,1H3. The van der Waals surface area contributed by atoms with E-state index in [9.17, 15) is 0 Å². The van der Waals surface area contributed by atoms with Crippen molar-refractivity contribution in [2.24, 2.45) is 0 Å². The van der Waals surface area contributed by atoms with Gasteiger partial charge in [-0.2, -0.15) is 0 Å². The van der Waals surface area contributed by atoms with Gasteiger partial charge in [0.25, 0.3) is 0 Å². The molecule has 3 rings (SSSR count). The zero-order chi connectivity index (χ0) is 13.1. The molecule has 19 heavy (non-hydrogen) atoms. The quantitative estimate of drug-likeness (QED) is 0.757. The summed E-state index contributed by atoms with van der Waals surface area (Å²) in [6.07, 6.45) is 9.74. The van der Waals surface area contributed by atoms with Gasteiger partial charge in [-0.25, -0.2) is 0 Å². The van der Waals surface area contributed by atoms with E-state index in [4.69, 9.17) is 0 Å². The first-order chi connectivity index (χ1) is 9.37. The van der Waals surface area contributed by atoms with Crippen LogP contribution in [-0.2, 0) is 5.41 Å². The van der Waals surface area contributed by atoms with Crippen LogP contribution in [0, 0.1) is 0 Å². The highest BCUT2D eigenvalue weighted by atomic mass is 15.2. The average molecular weight is 257 g/mol. The molecule has 1 aliphatic heterocycles. The van der Waals surface area contributed by atoms with Crippen LogP contribution in [0.5, 0.6) is 0 Å². The second kappa shape index (κ2) is 5.66. The third-order valence-corrected chi connectivity index (χ3v) is 5.17. The number of piperidine rings is 1. The molecule has 1 heterocycles. The minimum absolute atomic E-state index is 0.495. The Morgan fingerprint density at radius 3 is 2.32 bits per heavy atom. The first-order valence-corrected chi connectivity index (χ1v) is 8.16. The Morgan fingerprint density at radius 1 is 1.05 bits per heavy atom. The summed E-state index contributed by atoms with van der Waals surface area (Å²) in [5.74, 6) is 0. The van der Waals surface area contributed by atoms with Crippen LogP contribution in [0.25, 0.3) is 0 Å². The molecule has 0 N–H and O–H groups in total. The van der Waals surface area contributed by atoms with Gasteiger partial charge >= 0.3 is 0 Å². The lowest BCUT2D eigenvalue weighted by Gasteiger charge is -2.40. The van der Waals surface area contributed by atoms with Crippen LogP contribution in [0.3, 0.4) is 0 Å². The van der Waals surface area contributed by atoms with Gasteiger partial charge in [0.1, 0.15) is 0 Å². The van der Waals surface area contributed by atoms with Crippen molar-refractivity contribution in [2.45, 2.75) is 63.3 Å². The average Bonchev–Trinajstić information content (AvgIpc) is 3.28. The third-order valence-electron chi connectivity index (χ3n) is 5.17. The van der Waals surface area contributed by atoms with E-state index in [2.05, 4.69) is 42.2 Å². The van der Waals surface area contributed by atoms with Crippen LogP contribution in [0.15, 0.2) is 30.3 Å². The number of nitrogens with zero attached hydrogens (tertiary/aromatic N) is 1. The normalized spacial score (nSPS) is 24.1. The van der Waals surface area contributed by atoms with Crippen molar-refractivity contribution in [3.63, 3.8) is 0 Å². The largest absolute Gasteiger partial charge is 0.300 e. The molecule has 1 aliphatic carbocycles. The van der Waals surface area contributed by atoms with Crippen LogP contribution >= 0.6 is 0 Å². The van der Waals surface area contributed by atoms with E-state index in [1.165, 1.54) is 58.0 Å². The van der Waals surface area contributed by atoms with E-state index >= 15 is 0 Å². The Morgan fingerprint density at radius 2 is 1.74 bits per heavy atom. The highest BCUT2D eigenvalue weighted by Crippen LogP contribution is 2.53. The first kappa shape index (κ1) is 13.2. The molecule has 1 nitrogen and oxygen atoms in total. The SMILES string of the molecule is CCCC(N1CCCCC1)C1(c2ccccc2)CC1. The van der Waals surface area contributed by atoms with Crippen molar-refractivity contribution in [3.8, 4) is 0 Å². The highest BCUT2D eigenvalue weighted by Gasteiger charge is 2.51. The minimum Gasteiger partial charge on any atom is -0.300 e. The van der Waals surface area contributed by atoms with Crippen molar-refractivity contribution in [1.29, 1.82) is 0 Å². The van der Waals surface area contributed by atoms with Crippen LogP contribution < -0.4 is 0 Å². The molecular weight excluding hydrogens is 230 g/mol. The molecule has 104 valence electrons. The summed E-state index contributed by atoms with van der Waals surface area (Å²) in [4.78, 5) is 2.81. The maximum Gasteiger partial charge on any atom is 0.0192 e. The van der Waals surface area contributed by atoms with Crippen molar-refractivity contribution in [2.75, 3.05) is 13.1 Å². The molecule has 1 aromatic rings. The lowest BCUT2D eigenvalue weighted by Crippen LogP contribution is -2.46. The van der Waals surface area contributed by atoms with Crippen LogP contribution in [0.4, 0.5) is 0 Å². The second-order valence-electron chi connectivity index (χ2n) is 6.42. The number of likely N-dealkylation sites (tertiary alicyclic amines) is 1. The first-order valence-electron chi connectivity index (χ1n) is 8.16. The predicted molar refractivity (Wildman–Crippen MR) is 81.5 cm³/mol. The van der Waals surface area contributed by atoms with Gasteiger partial charge in [0.05, 0.1) is 0 Å². The van der Waals surface area contributed by atoms with Gasteiger partial charge in [0.15, 0.2) is 0 Å². The molecule has 1 heteroatoms. The molecule has 0 bridgehead atoms. The highest BCUT2D eigenvalue weighted by molar-refractivity contribution is 5.34. The van der Waals surface area contributed by atoms with Crippen LogP contribution in [0.1, 0.15) is 57.4 Å². The third kappa shape index (κ3) is 2.58. The fourth-order valence-corrected chi connectivity index (χ4v) is 4.03. The van der Waals surface area contributed by atoms with E-state index in [-0.39, 0.29) is 0 Å². The molecule has 1 aromatic carbocycles. The Labute approximate surface area is 118 Å². The maximum atomic E-state index is 2.81. The molecule has 0 aromatic heterocycles. The lowest BCUT2D eigenvalue weighted by atomic mass is 9.83. The molecule has 0 spiro atoms. The van der Waals surface area contributed by atoms with Crippen molar-refractivity contribution >= 4 is 0 Å². The van der Waals surface area contributed by atoms with Crippen molar-refractivity contribution < 1.29 is 0 Å². The zero-order valence-corrected chi connectivity index (χ0v) is 12.3. The Hall–Kier alpha value is -0.820. The van der Waals surface area contributed by atoms with Gasteiger partial charge in [-0.05, 0) is 50.8 Å². The Kier molecular flexibility index (Phi) is 3.93. The summed E-state index contributed by atoms with van der Waals surface area (Å²) in [7, 11) is 0. The van der Waals surface area contributed by atoms with E-state index in [1.54, 1.807) is 5.56 Å². The van der Waals surface area contributed by atoms with Crippen molar-refractivity contribution in [1.82, 2.24) is 4.90 Å². The van der Waals surface area contributed by atoms with Gasteiger partial charge in [-0.3, -0.25) is 4.90 Å². The molecule has 1 saturated carbocycles. The molecule has 0 radical (unpaired) electrons. The zero-order valence-electron chi connectivity index (χ0n) is 12.3. The molecule has 1 atom stereocenters. The van der Waals surface area contributed by atoms with Gasteiger partial charge in [-0.1, -0.05) is 50.1 Å². The summed E-state index contributed by atoms with van der Waals surface area (Å²) >= 11 is 0. The van der Waals surface area contributed by atoms with Gasteiger partial charge in [0.2, 0.25) is 0 Å². The van der Waals surface area contributed by atoms with E-state index in [0.717, 1.165) is 6.04 Å². The van der Waals surface area contributed by atoms with E-state index < -0.39 is 0 Å². The van der Waals surface area contributed by atoms with Gasteiger partial charge in [0, 0.05) is 11.5 Å². The molecular formula is C18H27N. The number of hydrogen-bond acceptors (Lipinski definition) is 1. The van der Waals surface area contributed by atoms with E-state index in [1.807, 2.05) is 0 Å². The Balaban J connectivity index is 1.83. The van der Waals surface area contributed by atoms with Gasteiger partial charge in [-0.15, -0.1) is 0 Å². The van der Waals surface area contributed by atoms with Crippen LogP contribution in [-0.4, -0.2) is 24.0 Å². The summed E-state index contributed by atoms with van der Waals surface area (Å²) < 4.78 is 0. The van der Waals surface area contributed by atoms with Crippen LogP contribution in [0.2, 0.25) is 0 Å². The lowest BCUT2D eigenvalue weighted by molar-refractivity contribution is 0.124. The predicted octanol–water partition coefficient (Wildman–Crippen LogP) is 4.37. The summed E-state index contributed by atoms with van der Waals surface area (Å²) in [5, 5.41) is 0. The summed E-state index contributed by atoms with van der Waals surface area (Å²) in [5.41, 5.74) is 2.09. The number of benzene rings is 1. The second-order valence-corrected chi connectivity index (χ2v) is 6.42. The topological polar surface area (TPSA) is 3.24 Å². The smallest absolute Gasteiger partial charge is 0.0192 e. The monoisotopic (exact) mass is 257 g/mol. The number of rotatable bonds is 5. The van der Waals surface area contributed by atoms with Gasteiger partial charge < -0.3 is 0 Å². The maximum absolute atomic E-state index is 2.81. The molecule has 2 fully saturated rings. The molecule has 1 saturated heterocycles.